The molecule has 1 amide bonds. The minimum Gasteiger partial charge on any atom is -0.508 e. The van der Waals surface area contributed by atoms with E-state index in [0.717, 1.165) is 33.4 Å². The molecule has 0 aliphatic carbocycles. The van der Waals surface area contributed by atoms with Crippen LogP contribution < -0.4 is 5.32 Å². The highest BCUT2D eigenvalue weighted by molar-refractivity contribution is 5.82. The monoisotopic (exact) mass is 668 g/mol. The molecule has 1 aliphatic rings. The normalized spacial score (nSPS) is 18.9. The average molecular weight is 669 g/mol. The summed E-state index contributed by atoms with van der Waals surface area (Å²) in [5.74, 6) is -0.774. The smallest absolute Gasteiger partial charge is 0.303 e. The SMILES string of the molecule is CC(=O)OC(C)C(=O)NCc1cccc(-c2cccc(C3OC(CN(C)CC(O)c4cccc(O)c4)CC(c4ccc(CO)cc4)O3)c2)c1. The molecule has 10 heteroatoms. The lowest BCUT2D eigenvalue weighted by atomic mass is 9.98. The van der Waals surface area contributed by atoms with Gasteiger partial charge < -0.3 is 39.7 Å². The second-order valence-electron chi connectivity index (χ2n) is 12.5. The molecular formula is C39H44N2O8. The Labute approximate surface area is 286 Å². The van der Waals surface area contributed by atoms with Gasteiger partial charge in [-0.15, -0.1) is 0 Å². The third-order valence-electron chi connectivity index (χ3n) is 8.47. The Hall–Kier alpha value is -4.58. The highest BCUT2D eigenvalue weighted by Crippen LogP contribution is 2.39. The molecule has 4 N–H and O–H groups in total. The van der Waals surface area contributed by atoms with Crippen LogP contribution >= 0.6 is 0 Å². The van der Waals surface area contributed by atoms with Crippen molar-refractivity contribution in [3.63, 3.8) is 0 Å². The number of hydrogen-bond acceptors (Lipinski definition) is 9. The third kappa shape index (κ3) is 9.97. The second kappa shape index (κ2) is 16.7. The third-order valence-corrected chi connectivity index (χ3v) is 8.47. The lowest BCUT2D eigenvalue weighted by Crippen LogP contribution is -2.39. The summed E-state index contributed by atoms with van der Waals surface area (Å²) < 4.78 is 18.1. The number of ether oxygens (including phenoxy) is 3. The van der Waals surface area contributed by atoms with Gasteiger partial charge in [0.05, 0.1) is 24.9 Å². The van der Waals surface area contributed by atoms with Crippen LogP contribution in [0.1, 0.15) is 66.6 Å². The molecule has 0 saturated carbocycles. The van der Waals surface area contributed by atoms with Gasteiger partial charge in [-0.05, 0) is 71.6 Å². The van der Waals surface area contributed by atoms with Crippen molar-refractivity contribution in [1.29, 1.82) is 0 Å². The zero-order valence-electron chi connectivity index (χ0n) is 28.0. The van der Waals surface area contributed by atoms with Gasteiger partial charge in [-0.25, -0.2) is 0 Å². The maximum atomic E-state index is 12.4. The van der Waals surface area contributed by atoms with Crippen molar-refractivity contribution >= 4 is 11.9 Å². The molecule has 5 atom stereocenters. The van der Waals surface area contributed by atoms with E-state index in [1.165, 1.54) is 13.8 Å². The molecule has 4 aromatic rings. The van der Waals surface area contributed by atoms with Crippen molar-refractivity contribution in [2.45, 2.75) is 64.1 Å². The fraction of sp³-hybridized carbons (Fsp3) is 0.333. The van der Waals surface area contributed by atoms with Crippen LogP contribution in [0.4, 0.5) is 0 Å². The molecule has 1 saturated heterocycles. The molecule has 0 aromatic heterocycles. The number of amides is 1. The standard InChI is InChI=1S/C39H44N2O8/c1-25(47-26(2)43)38(46)40-21-28-7-4-8-30(17-28)31-9-5-11-33(18-31)39-48-35(20-37(49-39)29-15-13-27(24-42)14-16-29)22-41(3)23-36(45)32-10-6-12-34(44)19-32/h4-19,25,35-37,39,42,44-45H,20-24H2,1-3H3,(H,40,46). The number of esters is 1. The van der Waals surface area contributed by atoms with E-state index in [0.29, 0.717) is 25.1 Å². The number of carbonyl (C=O) groups excluding carboxylic acids is 2. The van der Waals surface area contributed by atoms with E-state index >= 15 is 0 Å². The van der Waals surface area contributed by atoms with Gasteiger partial charge in [0.1, 0.15) is 5.75 Å². The molecule has 10 nitrogen and oxygen atoms in total. The molecule has 0 radical (unpaired) electrons. The van der Waals surface area contributed by atoms with E-state index in [1.807, 2.05) is 84.7 Å². The van der Waals surface area contributed by atoms with Crippen molar-refractivity contribution in [2.24, 2.45) is 0 Å². The van der Waals surface area contributed by atoms with Crippen LogP contribution in [0.2, 0.25) is 0 Å². The van der Waals surface area contributed by atoms with Gasteiger partial charge in [0, 0.05) is 38.5 Å². The van der Waals surface area contributed by atoms with E-state index in [9.17, 15) is 24.9 Å². The fourth-order valence-corrected chi connectivity index (χ4v) is 5.95. The predicted octanol–water partition coefficient (Wildman–Crippen LogP) is 5.33. The molecule has 1 heterocycles. The van der Waals surface area contributed by atoms with Crippen molar-refractivity contribution in [3.05, 3.63) is 125 Å². The van der Waals surface area contributed by atoms with Gasteiger partial charge in [0.2, 0.25) is 0 Å². The number of nitrogens with zero attached hydrogens (tertiary/aromatic N) is 1. The van der Waals surface area contributed by atoms with Crippen LogP contribution in [0.15, 0.2) is 97.1 Å². The number of phenolic OH excluding ortho intramolecular Hbond substituents is 1. The molecular weight excluding hydrogens is 624 g/mol. The first-order chi connectivity index (χ1) is 23.6. The summed E-state index contributed by atoms with van der Waals surface area (Å²) in [5, 5.41) is 33.1. The lowest BCUT2D eigenvalue weighted by Gasteiger charge is -2.38. The maximum absolute atomic E-state index is 12.4. The highest BCUT2D eigenvalue weighted by Gasteiger charge is 2.33. The lowest BCUT2D eigenvalue weighted by molar-refractivity contribution is -0.252. The van der Waals surface area contributed by atoms with Gasteiger partial charge in [0.15, 0.2) is 12.4 Å². The van der Waals surface area contributed by atoms with E-state index in [4.69, 9.17) is 14.2 Å². The summed E-state index contributed by atoms with van der Waals surface area (Å²) in [5.41, 5.74) is 6.06. The number of nitrogens with one attached hydrogen (secondary N) is 1. The van der Waals surface area contributed by atoms with Crippen molar-refractivity contribution in [1.82, 2.24) is 10.2 Å². The second-order valence-corrected chi connectivity index (χ2v) is 12.5. The number of aliphatic hydroxyl groups is 2. The first-order valence-electron chi connectivity index (χ1n) is 16.4. The van der Waals surface area contributed by atoms with Gasteiger partial charge in [0.25, 0.3) is 5.91 Å². The van der Waals surface area contributed by atoms with E-state index in [2.05, 4.69) is 5.32 Å². The molecule has 0 bridgehead atoms. The Bertz CT molecular complexity index is 1710. The molecule has 0 spiro atoms. The average Bonchev–Trinajstić information content (AvgIpc) is 3.10. The quantitative estimate of drug-likeness (QED) is 0.139. The van der Waals surface area contributed by atoms with Gasteiger partial charge >= 0.3 is 5.97 Å². The van der Waals surface area contributed by atoms with E-state index in [-0.39, 0.29) is 37.0 Å². The maximum Gasteiger partial charge on any atom is 0.303 e. The molecule has 5 rings (SSSR count). The number of rotatable bonds is 13. The number of hydrogen-bond donors (Lipinski definition) is 4. The van der Waals surface area contributed by atoms with Crippen LogP contribution in [0.5, 0.6) is 5.75 Å². The summed E-state index contributed by atoms with van der Waals surface area (Å²) in [4.78, 5) is 25.6. The topological polar surface area (TPSA) is 138 Å². The summed E-state index contributed by atoms with van der Waals surface area (Å²) in [7, 11) is 1.93. The van der Waals surface area contributed by atoms with Gasteiger partial charge in [-0.1, -0.05) is 72.8 Å². The summed E-state index contributed by atoms with van der Waals surface area (Å²) >= 11 is 0. The summed E-state index contributed by atoms with van der Waals surface area (Å²) in [6.45, 7) is 3.92. The van der Waals surface area contributed by atoms with Crippen molar-refractivity contribution in [3.8, 4) is 16.9 Å². The number of aromatic hydroxyl groups is 1. The Morgan fingerprint density at radius 3 is 2.35 bits per heavy atom. The van der Waals surface area contributed by atoms with Crippen LogP contribution in [0.25, 0.3) is 11.1 Å². The Balaban J connectivity index is 1.32. The van der Waals surface area contributed by atoms with Gasteiger partial charge in [-0.3, -0.25) is 9.59 Å². The molecule has 49 heavy (non-hydrogen) atoms. The Morgan fingerprint density at radius 2 is 1.63 bits per heavy atom. The minimum atomic E-state index is -0.878. The molecule has 1 fully saturated rings. The summed E-state index contributed by atoms with van der Waals surface area (Å²) in [6, 6.07) is 30.2. The zero-order chi connectivity index (χ0) is 34.9. The van der Waals surface area contributed by atoms with E-state index in [1.54, 1.807) is 24.3 Å². The first-order valence-corrected chi connectivity index (χ1v) is 16.4. The van der Waals surface area contributed by atoms with Gasteiger partial charge in [-0.2, -0.15) is 0 Å². The van der Waals surface area contributed by atoms with E-state index < -0.39 is 24.5 Å². The molecule has 258 valence electrons. The molecule has 5 unspecified atom stereocenters. The van der Waals surface area contributed by atoms with Crippen molar-refractivity contribution in [2.75, 3.05) is 20.1 Å². The van der Waals surface area contributed by atoms with Crippen molar-refractivity contribution < 1.29 is 39.1 Å². The fourth-order valence-electron chi connectivity index (χ4n) is 5.95. The Kier molecular flexibility index (Phi) is 12.2. The number of carbonyl (C=O) groups is 2. The highest BCUT2D eigenvalue weighted by atomic mass is 16.7. The summed E-state index contributed by atoms with van der Waals surface area (Å²) in [6.07, 6.45) is -2.25. The molecule has 1 aliphatic heterocycles. The number of likely N-dealkylation sites (N-methyl/N-ethyl adjacent to an activating group) is 1. The Morgan fingerprint density at radius 1 is 0.918 bits per heavy atom. The first kappa shape index (κ1) is 35.7. The number of benzene rings is 4. The minimum absolute atomic E-state index is 0.0414. The zero-order valence-corrected chi connectivity index (χ0v) is 28.0. The van der Waals surface area contributed by atoms with Crippen LogP contribution in [0.3, 0.4) is 0 Å². The predicted molar refractivity (Wildman–Crippen MR) is 184 cm³/mol. The largest absolute Gasteiger partial charge is 0.508 e. The van der Waals surface area contributed by atoms with Crippen LogP contribution in [-0.2, 0) is 37.0 Å². The number of aliphatic hydroxyl groups excluding tert-OH is 2. The van der Waals surface area contributed by atoms with Crippen LogP contribution in [-0.4, -0.2) is 64.4 Å². The number of phenols is 1. The van der Waals surface area contributed by atoms with Crippen LogP contribution in [0, 0.1) is 0 Å². The molecule has 4 aromatic carbocycles.